The number of anilines is 1. The van der Waals surface area contributed by atoms with E-state index in [9.17, 15) is 9.90 Å². The molecular weight excluding hydrogens is 340 g/mol. The maximum absolute atomic E-state index is 12.0. The molecule has 2 aliphatic rings. The number of nitrogens with two attached hydrogens (primary N) is 1. The van der Waals surface area contributed by atoms with Gasteiger partial charge in [0.15, 0.2) is 0 Å². The first kappa shape index (κ1) is 16.8. The van der Waals surface area contributed by atoms with Gasteiger partial charge in [0.25, 0.3) is 0 Å². The molecule has 0 saturated carbocycles. The molecule has 0 unspecified atom stereocenters. The van der Waals surface area contributed by atoms with Gasteiger partial charge in [0.2, 0.25) is 0 Å². The zero-order valence-electron chi connectivity index (χ0n) is 15.0. The zero-order chi connectivity index (χ0) is 19.3. The third-order valence-electron chi connectivity index (χ3n) is 4.88. The summed E-state index contributed by atoms with van der Waals surface area (Å²) in [7, 11) is 0. The fraction of sp³-hybridized carbons (Fsp3) is 0.0909. The average Bonchev–Trinajstić information content (AvgIpc) is 2.61. The van der Waals surface area contributed by atoms with Crippen LogP contribution in [0, 0.1) is 19.3 Å². The summed E-state index contributed by atoms with van der Waals surface area (Å²) in [5.74, 6) is -0.465. The lowest BCUT2D eigenvalue weighted by Gasteiger charge is -2.18. The van der Waals surface area contributed by atoms with E-state index < -0.39 is 5.97 Å². The molecule has 134 valence electrons. The molecule has 0 bridgehead atoms. The van der Waals surface area contributed by atoms with E-state index in [0.717, 1.165) is 27.6 Å². The van der Waals surface area contributed by atoms with E-state index in [0.29, 0.717) is 28.0 Å². The second-order valence-electron chi connectivity index (χ2n) is 6.73. The lowest BCUT2D eigenvalue weighted by atomic mass is 9.88. The largest absolute Gasteiger partial charge is 0.478 e. The van der Waals surface area contributed by atoms with Gasteiger partial charge in [-0.3, -0.25) is 0 Å². The van der Waals surface area contributed by atoms with Crippen molar-refractivity contribution in [2.24, 2.45) is 0 Å². The Hall–Kier alpha value is -3.60. The zero-order valence-corrected chi connectivity index (χ0v) is 15.0. The third kappa shape index (κ3) is 2.73. The van der Waals surface area contributed by atoms with Crippen molar-refractivity contribution in [2.75, 3.05) is 5.73 Å². The molecule has 1 aliphatic carbocycles. The fourth-order valence-corrected chi connectivity index (χ4v) is 3.40. The Morgan fingerprint density at radius 1 is 1.00 bits per heavy atom. The minimum absolute atomic E-state index is 0.235. The molecule has 0 fully saturated rings. The molecule has 2 aromatic carbocycles. The van der Waals surface area contributed by atoms with Gasteiger partial charge in [-0.05, 0) is 60.9 Å². The van der Waals surface area contributed by atoms with Gasteiger partial charge in [0.1, 0.15) is 11.3 Å². The number of nitrogens with one attached hydrogen (secondary N) is 1. The maximum Gasteiger partial charge on any atom is 0.336 e. The van der Waals surface area contributed by atoms with Crippen molar-refractivity contribution in [1.82, 2.24) is 0 Å². The van der Waals surface area contributed by atoms with Crippen molar-refractivity contribution < 1.29 is 14.3 Å². The van der Waals surface area contributed by atoms with Gasteiger partial charge in [-0.25, -0.2) is 4.79 Å². The second kappa shape index (κ2) is 5.99. The summed E-state index contributed by atoms with van der Waals surface area (Å²) < 4.78 is 5.98. The fourth-order valence-electron chi connectivity index (χ4n) is 3.40. The van der Waals surface area contributed by atoms with Crippen LogP contribution in [0.2, 0.25) is 0 Å². The van der Waals surface area contributed by atoms with Crippen LogP contribution in [0.1, 0.15) is 21.5 Å². The average molecular weight is 358 g/mol. The van der Waals surface area contributed by atoms with Crippen molar-refractivity contribution in [2.45, 2.75) is 13.8 Å². The van der Waals surface area contributed by atoms with Crippen LogP contribution in [-0.2, 0) is 0 Å². The Bertz CT molecular complexity index is 1250. The van der Waals surface area contributed by atoms with E-state index in [1.165, 1.54) is 0 Å². The van der Waals surface area contributed by atoms with Crippen LogP contribution < -0.4 is 11.1 Å². The number of hydrogen-bond donors (Lipinski definition) is 3. The molecule has 2 aromatic rings. The molecule has 0 saturated heterocycles. The summed E-state index contributed by atoms with van der Waals surface area (Å²) in [5.41, 5.74) is 11.3. The third-order valence-corrected chi connectivity index (χ3v) is 4.88. The first-order chi connectivity index (χ1) is 12.8. The Morgan fingerprint density at radius 3 is 2.48 bits per heavy atom. The van der Waals surface area contributed by atoms with E-state index in [2.05, 4.69) is 0 Å². The predicted molar refractivity (Wildman–Crippen MR) is 105 cm³/mol. The van der Waals surface area contributed by atoms with Crippen LogP contribution in [0.5, 0.6) is 0 Å². The quantitative estimate of drug-likeness (QED) is 0.360. The monoisotopic (exact) mass is 358 g/mol. The normalized spacial score (nSPS) is 11.2. The van der Waals surface area contributed by atoms with Gasteiger partial charge < -0.3 is 20.7 Å². The molecule has 0 atom stereocenters. The molecule has 0 spiro atoms. The molecule has 5 heteroatoms. The van der Waals surface area contributed by atoms with E-state index in [4.69, 9.17) is 15.6 Å². The van der Waals surface area contributed by atoms with Crippen molar-refractivity contribution in [1.29, 1.82) is 5.41 Å². The van der Waals surface area contributed by atoms with Crippen molar-refractivity contribution >= 4 is 22.6 Å². The highest BCUT2D eigenvalue weighted by Crippen LogP contribution is 2.42. The Labute approximate surface area is 155 Å². The number of aromatic carboxylic acids is 1. The Morgan fingerprint density at radius 2 is 1.74 bits per heavy atom. The summed E-state index contributed by atoms with van der Waals surface area (Å²) in [6.07, 6.45) is 0. The van der Waals surface area contributed by atoms with Crippen molar-refractivity contribution in [3.05, 3.63) is 70.6 Å². The standard InChI is InChI=1S/C22H18N2O3/c1-11-7-17(18(22(25)26)8-12(11)2)21-15-5-3-13(23)9-19(15)27-20-10-14(24)4-6-16(20)21/h3-10,23H,24H2,1-2H3,(H,25,26). The lowest BCUT2D eigenvalue weighted by molar-refractivity contribution is 0.0697. The van der Waals surface area contributed by atoms with Gasteiger partial charge in [-0.2, -0.15) is 0 Å². The summed E-state index contributed by atoms with van der Waals surface area (Å²) in [5, 5.41) is 18.8. The van der Waals surface area contributed by atoms with E-state index in [1.54, 1.807) is 36.4 Å². The molecule has 1 aliphatic heterocycles. The number of aryl methyl sites for hydroxylation is 2. The summed E-state index contributed by atoms with van der Waals surface area (Å²) in [6.45, 7) is 3.86. The lowest BCUT2D eigenvalue weighted by Crippen LogP contribution is -2.05. The van der Waals surface area contributed by atoms with Crippen LogP contribution in [0.4, 0.5) is 5.69 Å². The topological polar surface area (TPSA) is 100 Å². The van der Waals surface area contributed by atoms with E-state index in [1.807, 2.05) is 26.0 Å². The second-order valence-corrected chi connectivity index (χ2v) is 6.73. The first-order valence-electron chi connectivity index (χ1n) is 8.51. The number of nitrogen functional groups attached to an aromatic ring is 1. The minimum Gasteiger partial charge on any atom is -0.478 e. The van der Waals surface area contributed by atoms with E-state index >= 15 is 0 Å². The van der Waals surface area contributed by atoms with Gasteiger partial charge in [0.05, 0.1) is 10.9 Å². The number of hydrogen-bond acceptors (Lipinski definition) is 4. The minimum atomic E-state index is -0.984. The Balaban J connectivity index is 2.23. The van der Waals surface area contributed by atoms with Crippen molar-refractivity contribution in [3.8, 4) is 22.5 Å². The molecule has 4 N–H and O–H groups in total. The SMILES string of the molecule is Cc1cc(C(=O)O)c(-c2c3ccc(=N)cc-3oc3cc(N)ccc23)cc1C. The molecule has 0 aromatic heterocycles. The molecule has 27 heavy (non-hydrogen) atoms. The first-order valence-corrected chi connectivity index (χ1v) is 8.51. The van der Waals surface area contributed by atoms with Crippen LogP contribution in [0.25, 0.3) is 33.4 Å². The number of fused-ring (bicyclic) bond motifs is 2. The molecule has 1 heterocycles. The molecule has 4 rings (SSSR count). The molecular formula is C22H18N2O3. The van der Waals surface area contributed by atoms with Crippen LogP contribution in [0.3, 0.4) is 0 Å². The van der Waals surface area contributed by atoms with Crippen LogP contribution >= 0.6 is 0 Å². The molecule has 5 nitrogen and oxygen atoms in total. The van der Waals surface area contributed by atoms with Gasteiger partial charge in [-0.15, -0.1) is 0 Å². The van der Waals surface area contributed by atoms with Gasteiger partial charge >= 0.3 is 5.97 Å². The number of carboxylic acid groups (broad SMARTS) is 1. The number of rotatable bonds is 2. The number of benzene rings is 3. The number of carboxylic acids is 1. The number of carbonyl (C=O) groups is 1. The maximum atomic E-state index is 12.0. The summed E-state index contributed by atoms with van der Waals surface area (Å²) >= 11 is 0. The van der Waals surface area contributed by atoms with Crippen molar-refractivity contribution in [3.63, 3.8) is 0 Å². The van der Waals surface area contributed by atoms with Gasteiger partial charge in [-0.1, -0.05) is 6.07 Å². The highest BCUT2D eigenvalue weighted by atomic mass is 16.4. The van der Waals surface area contributed by atoms with E-state index in [-0.39, 0.29) is 5.56 Å². The smallest absolute Gasteiger partial charge is 0.336 e. The summed E-state index contributed by atoms with van der Waals surface area (Å²) in [6, 6.07) is 14.0. The van der Waals surface area contributed by atoms with Crippen LogP contribution in [-0.4, -0.2) is 11.1 Å². The Kier molecular flexibility index (Phi) is 3.73. The summed E-state index contributed by atoms with van der Waals surface area (Å²) in [4.78, 5) is 12.0. The van der Waals surface area contributed by atoms with Gasteiger partial charge in [0, 0.05) is 34.3 Å². The highest BCUT2D eigenvalue weighted by Gasteiger charge is 2.22. The highest BCUT2D eigenvalue weighted by molar-refractivity contribution is 6.08. The molecule has 0 amide bonds. The van der Waals surface area contributed by atoms with Crippen LogP contribution in [0.15, 0.2) is 52.9 Å². The predicted octanol–water partition coefficient (Wildman–Crippen LogP) is 4.58. The molecule has 0 radical (unpaired) electrons.